The minimum Gasteiger partial charge on any atom is -0.322 e. The molecule has 0 atom stereocenters. The molecule has 0 heterocycles. The zero-order valence-electron chi connectivity index (χ0n) is 11.0. The van der Waals surface area contributed by atoms with Crippen molar-refractivity contribution in [3.8, 4) is 6.07 Å². The molecule has 1 amide bonds. The summed E-state index contributed by atoms with van der Waals surface area (Å²) < 4.78 is 0.997. The van der Waals surface area contributed by atoms with Crippen LogP contribution in [-0.2, 0) is 0 Å². The Morgan fingerprint density at radius 2 is 2.16 bits per heavy atom. The number of nitriles is 1. The molecule has 4 heteroatoms. The lowest BCUT2D eigenvalue weighted by Gasteiger charge is -2.26. The van der Waals surface area contributed by atoms with Crippen LogP contribution in [0.25, 0.3) is 0 Å². The van der Waals surface area contributed by atoms with Gasteiger partial charge in [-0.2, -0.15) is 5.26 Å². The molecule has 0 radical (unpaired) electrons. The van der Waals surface area contributed by atoms with Gasteiger partial charge in [0.05, 0.1) is 6.07 Å². The minimum absolute atomic E-state index is 0.0240. The highest BCUT2D eigenvalue weighted by molar-refractivity contribution is 9.10. The fourth-order valence-corrected chi connectivity index (χ4v) is 2.85. The molecule has 1 aliphatic carbocycles. The van der Waals surface area contributed by atoms with Crippen LogP contribution in [0.4, 0.5) is 0 Å². The third-order valence-electron chi connectivity index (χ3n) is 3.67. The van der Waals surface area contributed by atoms with E-state index in [2.05, 4.69) is 22.0 Å². The van der Waals surface area contributed by atoms with Gasteiger partial charge in [-0.15, -0.1) is 0 Å². The molecule has 0 N–H and O–H groups in total. The van der Waals surface area contributed by atoms with Gasteiger partial charge in [0.1, 0.15) is 6.54 Å². The van der Waals surface area contributed by atoms with Crippen LogP contribution in [0.2, 0.25) is 0 Å². The van der Waals surface area contributed by atoms with Crippen LogP contribution in [-0.4, -0.2) is 23.4 Å². The molecule has 0 aromatic heterocycles. The van der Waals surface area contributed by atoms with Crippen molar-refractivity contribution in [2.45, 2.75) is 38.6 Å². The molecular formula is C15H17BrN2O. The Bertz CT molecular complexity index is 515. The topological polar surface area (TPSA) is 44.1 Å². The van der Waals surface area contributed by atoms with Crippen molar-refractivity contribution < 1.29 is 4.79 Å². The number of nitrogens with zero attached hydrogens (tertiary/aromatic N) is 2. The zero-order chi connectivity index (χ0) is 13.8. The van der Waals surface area contributed by atoms with Gasteiger partial charge >= 0.3 is 0 Å². The number of hydrogen-bond acceptors (Lipinski definition) is 2. The van der Waals surface area contributed by atoms with Crippen molar-refractivity contribution in [1.82, 2.24) is 4.90 Å². The summed E-state index contributed by atoms with van der Waals surface area (Å²) >= 11 is 3.44. The predicted molar refractivity (Wildman–Crippen MR) is 77.8 cm³/mol. The van der Waals surface area contributed by atoms with Crippen molar-refractivity contribution in [2.75, 3.05) is 6.54 Å². The van der Waals surface area contributed by atoms with E-state index in [9.17, 15) is 4.79 Å². The summed E-state index contributed by atoms with van der Waals surface area (Å²) in [5.41, 5.74) is 1.71. The number of amides is 1. The molecule has 19 heavy (non-hydrogen) atoms. The molecule has 1 saturated carbocycles. The molecule has 0 spiro atoms. The highest BCUT2D eigenvalue weighted by Crippen LogP contribution is 2.25. The van der Waals surface area contributed by atoms with E-state index in [1.54, 1.807) is 4.90 Å². The molecule has 1 fully saturated rings. The molecule has 1 aliphatic rings. The molecule has 1 aromatic carbocycles. The normalized spacial score (nSPS) is 15.2. The van der Waals surface area contributed by atoms with Crippen molar-refractivity contribution in [2.24, 2.45) is 0 Å². The Balaban J connectivity index is 2.23. The Morgan fingerprint density at radius 1 is 1.47 bits per heavy atom. The third kappa shape index (κ3) is 3.16. The minimum atomic E-state index is -0.0240. The average molecular weight is 321 g/mol. The van der Waals surface area contributed by atoms with E-state index < -0.39 is 0 Å². The first-order valence-corrected chi connectivity index (χ1v) is 7.37. The van der Waals surface area contributed by atoms with E-state index in [4.69, 9.17) is 5.26 Å². The molecule has 100 valence electrons. The van der Waals surface area contributed by atoms with Gasteiger partial charge in [-0.1, -0.05) is 28.8 Å². The van der Waals surface area contributed by atoms with E-state index in [1.165, 1.54) is 0 Å². The fraction of sp³-hybridized carbons (Fsp3) is 0.467. The second kappa shape index (κ2) is 6.21. The van der Waals surface area contributed by atoms with E-state index in [1.807, 2.05) is 25.1 Å². The second-order valence-electron chi connectivity index (χ2n) is 4.99. The van der Waals surface area contributed by atoms with Gasteiger partial charge < -0.3 is 4.90 Å². The van der Waals surface area contributed by atoms with Gasteiger partial charge in [-0.25, -0.2) is 0 Å². The van der Waals surface area contributed by atoms with Gasteiger partial charge in [-0.3, -0.25) is 4.79 Å². The summed E-state index contributed by atoms with van der Waals surface area (Å²) in [6, 6.07) is 7.94. The highest BCUT2D eigenvalue weighted by Gasteiger charge is 2.27. The predicted octanol–water partition coefficient (Wildman–Crippen LogP) is 3.67. The van der Waals surface area contributed by atoms with Crippen LogP contribution in [0, 0.1) is 18.3 Å². The maximum Gasteiger partial charge on any atom is 0.254 e. The molecule has 0 bridgehead atoms. The SMILES string of the molecule is Cc1cc(C(=O)N(CC#N)C2CCCC2)ccc1Br. The first-order chi connectivity index (χ1) is 9.13. The Kier molecular flexibility index (Phi) is 4.60. The zero-order valence-corrected chi connectivity index (χ0v) is 12.6. The average Bonchev–Trinajstić information content (AvgIpc) is 2.92. The van der Waals surface area contributed by atoms with Gasteiger partial charge in [0.25, 0.3) is 5.91 Å². The van der Waals surface area contributed by atoms with E-state index >= 15 is 0 Å². The Morgan fingerprint density at radius 3 is 2.74 bits per heavy atom. The van der Waals surface area contributed by atoms with Gasteiger partial charge in [0.2, 0.25) is 0 Å². The maximum absolute atomic E-state index is 12.5. The summed E-state index contributed by atoms with van der Waals surface area (Å²) in [7, 11) is 0. The molecule has 1 aromatic rings. The summed E-state index contributed by atoms with van der Waals surface area (Å²) in [6.45, 7) is 2.14. The largest absolute Gasteiger partial charge is 0.322 e. The van der Waals surface area contributed by atoms with Crippen LogP contribution in [0.3, 0.4) is 0 Å². The van der Waals surface area contributed by atoms with Gasteiger partial charge in [-0.05, 0) is 43.5 Å². The number of hydrogen-bond donors (Lipinski definition) is 0. The quantitative estimate of drug-likeness (QED) is 0.797. The highest BCUT2D eigenvalue weighted by atomic mass is 79.9. The number of rotatable bonds is 3. The van der Waals surface area contributed by atoms with Crippen molar-refractivity contribution >= 4 is 21.8 Å². The van der Waals surface area contributed by atoms with Crippen LogP contribution in [0.5, 0.6) is 0 Å². The molecule has 0 saturated heterocycles. The molecule has 2 rings (SSSR count). The lowest BCUT2D eigenvalue weighted by Crippen LogP contribution is -2.39. The number of halogens is 1. The Labute approximate surface area is 122 Å². The van der Waals surface area contributed by atoms with E-state index in [0.29, 0.717) is 5.56 Å². The second-order valence-corrected chi connectivity index (χ2v) is 5.85. The summed E-state index contributed by atoms with van der Waals surface area (Å²) in [4.78, 5) is 14.3. The van der Waals surface area contributed by atoms with E-state index in [-0.39, 0.29) is 18.5 Å². The maximum atomic E-state index is 12.5. The Hall–Kier alpha value is -1.34. The fourth-order valence-electron chi connectivity index (χ4n) is 2.60. The lowest BCUT2D eigenvalue weighted by atomic mass is 10.1. The van der Waals surface area contributed by atoms with Crippen LogP contribution < -0.4 is 0 Å². The van der Waals surface area contributed by atoms with Crippen molar-refractivity contribution in [1.29, 1.82) is 5.26 Å². The van der Waals surface area contributed by atoms with Crippen LogP contribution in [0.15, 0.2) is 22.7 Å². The summed E-state index contributed by atoms with van der Waals surface area (Å²) in [6.07, 6.45) is 4.34. The van der Waals surface area contributed by atoms with E-state index in [0.717, 1.165) is 35.7 Å². The summed E-state index contributed by atoms with van der Waals surface area (Å²) in [5.74, 6) is -0.0240. The lowest BCUT2D eigenvalue weighted by molar-refractivity contribution is 0.0709. The third-order valence-corrected chi connectivity index (χ3v) is 4.56. The standard InChI is InChI=1S/C15H17BrN2O/c1-11-10-12(6-7-14(11)16)15(19)18(9-8-17)13-4-2-3-5-13/h6-7,10,13H,2-5,9H2,1H3. The summed E-state index contributed by atoms with van der Waals surface area (Å²) in [5, 5.41) is 8.94. The number of carbonyl (C=O) groups is 1. The van der Waals surface area contributed by atoms with Crippen LogP contribution in [0.1, 0.15) is 41.6 Å². The smallest absolute Gasteiger partial charge is 0.254 e. The van der Waals surface area contributed by atoms with Gasteiger partial charge in [0, 0.05) is 16.1 Å². The van der Waals surface area contributed by atoms with Gasteiger partial charge in [0.15, 0.2) is 0 Å². The number of aryl methyl sites for hydroxylation is 1. The monoisotopic (exact) mass is 320 g/mol. The number of carbonyl (C=O) groups excluding carboxylic acids is 1. The first kappa shape index (κ1) is 14.1. The molecule has 3 nitrogen and oxygen atoms in total. The molecule has 0 aliphatic heterocycles. The first-order valence-electron chi connectivity index (χ1n) is 6.57. The molecular weight excluding hydrogens is 304 g/mol. The van der Waals surface area contributed by atoms with Crippen molar-refractivity contribution in [3.63, 3.8) is 0 Å². The number of benzene rings is 1. The van der Waals surface area contributed by atoms with Crippen LogP contribution >= 0.6 is 15.9 Å². The van der Waals surface area contributed by atoms with Crippen molar-refractivity contribution in [3.05, 3.63) is 33.8 Å². The molecule has 0 unspecified atom stereocenters.